The van der Waals surface area contributed by atoms with Crippen molar-refractivity contribution in [1.82, 2.24) is 0 Å². The lowest BCUT2D eigenvalue weighted by molar-refractivity contribution is -0.791. The molecule has 7 heteroatoms. The standard InChI is InChI=1S/C11H13BINO4/c1-14-8-10(15)17-12(14,18-11(16)9-14)6-4-2-3-5-7-13/h2-7H,8-9H2,1H3/b3-2+,6-4+,7-5+. The van der Waals surface area contributed by atoms with Gasteiger partial charge >= 0.3 is 18.6 Å². The predicted octanol–water partition coefficient (Wildman–Crippen LogP) is 1.09. The van der Waals surface area contributed by atoms with E-state index in [0.717, 1.165) is 0 Å². The van der Waals surface area contributed by atoms with Crippen molar-refractivity contribution in [2.45, 2.75) is 0 Å². The Bertz CT molecular complexity index is 452. The Hall–Kier alpha value is -1.09. The van der Waals surface area contributed by atoms with Crippen molar-refractivity contribution in [2.24, 2.45) is 0 Å². The fourth-order valence-corrected chi connectivity index (χ4v) is 2.53. The van der Waals surface area contributed by atoms with Crippen molar-refractivity contribution in [3.63, 3.8) is 0 Å². The third kappa shape index (κ3) is 2.24. The highest BCUT2D eigenvalue weighted by molar-refractivity contribution is 14.1. The number of hydrogen-bond acceptors (Lipinski definition) is 4. The van der Waals surface area contributed by atoms with Crippen LogP contribution >= 0.6 is 22.6 Å². The third-order valence-corrected chi connectivity index (χ3v) is 3.63. The molecule has 18 heavy (non-hydrogen) atoms. The first-order valence-electron chi connectivity index (χ1n) is 5.55. The van der Waals surface area contributed by atoms with E-state index in [9.17, 15) is 9.59 Å². The SMILES string of the molecule is C[N+]12CC(=O)O[B-]1(/C=C/C=C/C=C/I)OC(=O)C2. The zero-order valence-corrected chi connectivity index (χ0v) is 12.1. The van der Waals surface area contributed by atoms with Crippen LogP contribution < -0.4 is 0 Å². The van der Waals surface area contributed by atoms with E-state index in [4.69, 9.17) is 9.31 Å². The van der Waals surface area contributed by atoms with Gasteiger partial charge in [0.25, 0.3) is 0 Å². The summed E-state index contributed by atoms with van der Waals surface area (Å²) in [5.74, 6) is 1.02. The van der Waals surface area contributed by atoms with E-state index in [0.29, 0.717) is 0 Å². The second kappa shape index (κ2) is 4.89. The maximum absolute atomic E-state index is 11.4. The van der Waals surface area contributed by atoms with Gasteiger partial charge in [-0.1, -0.05) is 52.9 Å². The Morgan fingerprint density at radius 1 is 1.11 bits per heavy atom. The molecule has 2 saturated heterocycles. The number of allylic oxidation sites excluding steroid dienone is 4. The Balaban J connectivity index is 2.22. The van der Waals surface area contributed by atoms with Crippen molar-refractivity contribution < 1.29 is 23.3 Å². The Morgan fingerprint density at radius 2 is 1.67 bits per heavy atom. The molecule has 0 radical (unpaired) electrons. The fraction of sp³-hybridized carbons (Fsp3) is 0.273. The Kier molecular flexibility index (Phi) is 3.62. The lowest BCUT2D eigenvalue weighted by Crippen LogP contribution is -2.58. The lowest BCUT2D eigenvalue weighted by atomic mass is 9.68. The summed E-state index contributed by atoms with van der Waals surface area (Å²) in [5.41, 5.74) is 0. The molecule has 2 aliphatic rings. The van der Waals surface area contributed by atoms with Crippen molar-refractivity contribution >= 4 is 41.2 Å². The largest absolute Gasteiger partial charge is 0.607 e. The molecule has 0 aliphatic carbocycles. The molecule has 2 heterocycles. The second-order valence-corrected chi connectivity index (χ2v) is 5.31. The second-order valence-electron chi connectivity index (χ2n) is 4.59. The van der Waals surface area contributed by atoms with Crippen LogP contribution in [0.5, 0.6) is 0 Å². The van der Waals surface area contributed by atoms with Crippen LogP contribution in [0.25, 0.3) is 0 Å². The highest BCUT2D eigenvalue weighted by atomic mass is 127. The van der Waals surface area contributed by atoms with E-state index in [1.54, 1.807) is 25.2 Å². The van der Waals surface area contributed by atoms with Crippen molar-refractivity contribution in [3.8, 4) is 0 Å². The number of quaternary nitrogens is 1. The maximum Gasteiger partial charge on any atom is 0.607 e. The summed E-state index contributed by atoms with van der Waals surface area (Å²) < 4.78 is 12.6. The van der Waals surface area contributed by atoms with Gasteiger partial charge < -0.3 is 13.7 Å². The first kappa shape index (κ1) is 13.3. The monoisotopic (exact) mass is 361 g/mol. The molecular formula is C11H13BINO4. The molecule has 2 rings (SSSR count). The molecule has 0 saturated carbocycles. The smallest absolute Gasteiger partial charge is 0.596 e. The summed E-state index contributed by atoms with van der Waals surface area (Å²) in [5, 5.41) is 0. The van der Waals surface area contributed by atoms with Crippen molar-refractivity contribution in [1.29, 1.82) is 0 Å². The number of likely N-dealkylation sites (N-methyl/N-ethyl adjacent to an activating group) is 1. The minimum absolute atomic E-state index is 0.174. The average molecular weight is 361 g/mol. The van der Waals surface area contributed by atoms with Gasteiger partial charge in [0.05, 0.1) is 0 Å². The number of fused-ring (bicyclic) bond motifs is 1. The summed E-state index contributed by atoms with van der Waals surface area (Å²) in [6.45, 7) is -1.68. The number of halogens is 1. The van der Waals surface area contributed by atoms with Gasteiger partial charge in [0, 0.05) is 7.05 Å². The number of carbonyl (C=O) groups is 2. The molecule has 0 aromatic carbocycles. The number of nitrogens with zero attached hydrogens (tertiary/aromatic N) is 1. The Morgan fingerprint density at radius 3 is 2.22 bits per heavy atom. The van der Waals surface area contributed by atoms with Crippen LogP contribution in [-0.2, 0) is 18.9 Å². The van der Waals surface area contributed by atoms with Gasteiger partial charge in [-0.2, -0.15) is 0 Å². The third-order valence-electron chi connectivity index (χ3n) is 3.21. The van der Waals surface area contributed by atoms with Crippen LogP contribution in [0, 0.1) is 0 Å². The Labute approximate surface area is 119 Å². The number of carbonyl (C=O) groups excluding carboxylic acids is 2. The number of hydrogen-bond donors (Lipinski definition) is 0. The van der Waals surface area contributed by atoms with E-state index in [1.165, 1.54) is 0 Å². The molecule has 0 atom stereocenters. The predicted molar refractivity (Wildman–Crippen MR) is 75.3 cm³/mol. The first-order chi connectivity index (χ1) is 8.51. The van der Waals surface area contributed by atoms with Gasteiger partial charge in [0.1, 0.15) is 13.1 Å². The van der Waals surface area contributed by atoms with Gasteiger partial charge in [-0.3, -0.25) is 9.59 Å². The van der Waals surface area contributed by atoms with E-state index < -0.39 is 6.69 Å². The van der Waals surface area contributed by atoms with E-state index in [1.807, 2.05) is 16.2 Å². The molecule has 0 amide bonds. The zero-order valence-electron chi connectivity index (χ0n) is 9.91. The molecular weight excluding hydrogens is 348 g/mol. The van der Waals surface area contributed by atoms with E-state index >= 15 is 0 Å². The summed E-state index contributed by atoms with van der Waals surface area (Å²) in [6, 6.07) is 0. The minimum Gasteiger partial charge on any atom is -0.596 e. The molecule has 0 bridgehead atoms. The summed E-state index contributed by atoms with van der Waals surface area (Å²) >= 11 is 2.11. The lowest BCUT2D eigenvalue weighted by Gasteiger charge is -2.37. The molecule has 0 spiro atoms. The van der Waals surface area contributed by atoms with E-state index in [-0.39, 0.29) is 29.4 Å². The molecule has 0 aromatic rings. The fourth-order valence-electron chi connectivity index (χ4n) is 2.29. The molecule has 2 fully saturated rings. The van der Waals surface area contributed by atoms with Crippen LogP contribution in [0.15, 0.2) is 34.4 Å². The zero-order chi connectivity index (χ0) is 13.2. The summed E-state index contributed by atoms with van der Waals surface area (Å²) in [7, 11) is 1.80. The van der Waals surface area contributed by atoms with Crippen LogP contribution in [0.2, 0.25) is 0 Å². The molecule has 0 unspecified atom stereocenters. The molecule has 0 aromatic heterocycles. The van der Waals surface area contributed by atoms with E-state index in [2.05, 4.69) is 22.6 Å². The quantitative estimate of drug-likeness (QED) is 0.429. The molecule has 96 valence electrons. The minimum atomic E-state index is -2.02. The van der Waals surface area contributed by atoms with Crippen LogP contribution in [0.3, 0.4) is 0 Å². The maximum atomic E-state index is 11.4. The molecule has 5 nitrogen and oxygen atoms in total. The van der Waals surface area contributed by atoms with Gasteiger partial charge in [-0.25, -0.2) is 0 Å². The average Bonchev–Trinajstić information content (AvgIpc) is 2.61. The molecule has 0 N–H and O–H groups in total. The van der Waals surface area contributed by atoms with Crippen LogP contribution in [0.4, 0.5) is 0 Å². The van der Waals surface area contributed by atoms with Gasteiger partial charge in [0.15, 0.2) is 0 Å². The first-order valence-corrected chi connectivity index (χ1v) is 6.80. The van der Waals surface area contributed by atoms with Crippen LogP contribution in [-0.4, -0.2) is 43.2 Å². The topological polar surface area (TPSA) is 52.6 Å². The van der Waals surface area contributed by atoms with Gasteiger partial charge in [0.2, 0.25) is 0 Å². The van der Waals surface area contributed by atoms with Crippen LogP contribution in [0.1, 0.15) is 0 Å². The van der Waals surface area contributed by atoms with Crippen molar-refractivity contribution in [2.75, 3.05) is 20.1 Å². The molecule has 2 aliphatic heterocycles. The highest BCUT2D eigenvalue weighted by Gasteiger charge is 2.63. The van der Waals surface area contributed by atoms with Gasteiger partial charge in [-0.05, 0) is 4.08 Å². The number of rotatable bonds is 3. The summed E-state index contributed by atoms with van der Waals surface area (Å²) in [6.07, 6.45) is 7.25. The van der Waals surface area contributed by atoms with Crippen molar-refractivity contribution in [3.05, 3.63) is 34.4 Å². The normalized spacial score (nSPS) is 35.7. The highest BCUT2D eigenvalue weighted by Crippen LogP contribution is 2.34. The summed E-state index contributed by atoms with van der Waals surface area (Å²) in [4.78, 5) is 22.9. The van der Waals surface area contributed by atoms with Gasteiger partial charge in [-0.15, -0.1) is 0 Å².